The Kier molecular flexibility index (Phi) is 8.52. The summed E-state index contributed by atoms with van der Waals surface area (Å²) < 4.78 is 5.56. The van der Waals surface area contributed by atoms with Crippen LogP contribution in [0.15, 0.2) is 35.3 Å². The zero-order chi connectivity index (χ0) is 21.8. The van der Waals surface area contributed by atoms with E-state index in [-0.39, 0.29) is 36.0 Å². The number of hydrogen-bond donors (Lipinski definition) is 1. The first-order chi connectivity index (χ1) is 15.1. The van der Waals surface area contributed by atoms with Gasteiger partial charge in [0.15, 0.2) is 5.96 Å². The van der Waals surface area contributed by atoms with Crippen LogP contribution in [0.2, 0.25) is 0 Å². The van der Waals surface area contributed by atoms with Gasteiger partial charge in [0.05, 0.1) is 5.52 Å². The van der Waals surface area contributed by atoms with Crippen LogP contribution in [-0.2, 0) is 16.1 Å². The number of pyridine rings is 1. The van der Waals surface area contributed by atoms with Crippen molar-refractivity contribution in [2.45, 2.75) is 25.5 Å². The Morgan fingerprint density at radius 2 is 1.94 bits per heavy atom. The first-order valence-corrected chi connectivity index (χ1v) is 11.0. The SMILES string of the molecule is CN=C(NCc1cc(N(C)C)nc2ccccc12)N1CCN(C(=O)C2CCCO2)CC1.I. The average molecular weight is 552 g/mol. The Balaban J connectivity index is 0.00000289. The molecule has 1 aromatic carbocycles. The summed E-state index contributed by atoms with van der Waals surface area (Å²) in [7, 11) is 5.82. The number of ether oxygens (including phenoxy) is 1. The Morgan fingerprint density at radius 1 is 1.22 bits per heavy atom. The number of aromatic nitrogens is 1. The molecule has 1 amide bonds. The maximum Gasteiger partial charge on any atom is 0.251 e. The van der Waals surface area contributed by atoms with Crippen LogP contribution in [0.5, 0.6) is 0 Å². The third kappa shape index (κ3) is 5.43. The molecule has 1 unspecified atom stereocenters. The van der Waals surface area contributed by atoms with Gasteiger partial charge in [-0.25, -0.2) is 4.98 Å². The summed E-state index contributed by atoms with van der Waals surface area (Å²) in [6, 6.07) is 10.3. The van der Waals surface area contributed by atoms with Gasteiger partial charge in [-0.2, -0.15) is 0 Å². The van der Waals surface area contributed by atoms with Gasteiger partial charge < -0.3 is 24.8 Å². The van der Waals surface area contributed by atoms with Crippen LogP contribution in [0.4, 0.5) is 5.82 Å². The summed E-state index contributed by atoms with van der Waals surface area (Å²) in [5.74, 6) is 1.93. The fourth-order valence-corrected chi connectivity index (χ4v) is 4.23. The van der Waals surface area contributed by atoms with Gasteiger partial charge in [-0.3, -0.25) is 9.79 Å². The number of carbonyl (C=O) groups is 1. The summed E-state index contributed by atoms with van der Waals surface area (Å²) in [6.07, 6.45) is 1.58. The second-order valence-corrected chi connectivity index (χ2v) is 8.27. The number of anilines is 1. The highest BCUT2D eigenvalue weighted by Crippen LogP contribution is 2.22. The molecule has 2 fully saturated rings. The van der Waals surface area contributed by atoms with E-state index in [1.54, 1.807) is 0 Å². The van der Waals surface area contributed by atoms with Gasteiger partial charge in [-0.15, -0.1) is 24.0 Å². The van der Waals surface area contributed by atoms with Crippen LogP contribution in [0.1, 0.15) is 18.4 Å². The van der Waals surface area contributed by atoms with E-state index in [9.17, 15) is 4.79 Å². The molecular formula is C23H33IN6O2. The molecule has 8 nitrogen and oxygen atoms in total. The third-order valence-corrected chi connectivity index (χ3v) is 5.99. The highest BCUT2D eigenvalue weighted by Gasteiger charge is 2.30. The van der Waals surface area contributed by atoms with Crippen molar-refractivity contribution in [3.05, 3.63) is 35.9 Å². The van der Waals surface area contributed by atoms with Gasteiger partial charge in [0, 0.05) is 65.9 Å². The molecule has 2 aliphatic heterocycles. The molecule has 4 rings (SSSR count). The molecular weight excluding hydrogens is 519 g/mol. The molecule has 0 aliphatic carbocycles. The van der Waals surface area contributed by atoms with E-state index < -0.39 is 0 Å². The predicted octanol–water partition coefficient (Wildman–Crippen LogP) is 2.32. The first kappa shape index (κ1) is 24.5. The molecule has 0 saturated carbocycles. The number of fused-ring (bicyclic) bond motifs is 1. The molecule has 1 aromatic heterocycles. The summed E-state index contributed by atoms with van der Waals surface area (Å²) in [5.41, 5.74) is 2.17. The second-order valence-electron chi connectivity index (χ2n) is 8.27. The summed E-state index contributed by atoms with van der Waals surface area (Å²) in [4.78, 5) is 28.0. The zero-order valence-corrected chi connectivity index (χ0v) is 21.4. The number of aliphatic imine (C=N–C) groups is 1. The van der Waals surface area contributed by atoms with Crippen molar-refractivity contribution in [3.8, 4) is 0 Å². The minimum Gasteiger partial charge on any atom is -0.368 e. The molecule has 174 valence electrons. The topological polar surface area (TPSA) is 73.3 Å². The Labute approximate surface area is 207 Å². The van der Waals surface area contributed by atoms with Crippen molar-refractivity contribution in [1.82, 2.24) is 20.1 Å². The van der Waals surface area contributed by atoms with E-state index in [1.807, 2.05) is 49.1 Å². The molecule has 1 N–H and O–H groups in total. The van der Waals surface area contributed by atoms with E-state index in [1.165, 1.54) is 5.56 Å². The predicted molar refractivity (Wildman–Crippen MR) is 139 cm³/mol. The molecule has 2 aliphatic rings. The molecule has 32 heavy (non-hydrogen) atoms. The molecule has 3 heterocycles. The van der Waals surface area contributed by atoms with E-state index in [0.717, 1.165) is 48.6 Å². The van der Waals surface area contributed by atoms with Crippen molar-refractivity contribution in [1.29, 1.82) is 0 Å². The molecule has 1 atom stereocenters. The van der Waals surface area contributed by atoms with Crippen molar-refractivity contribution in [2.24, 2.45) is 4.99 Å². The van der Waals surface area contributed by atoms with Gasteiger partial charge in [0.1, 0.15) is 11.9 Å². The van der Waals surface area contributed by atoms with Crippen LogP contribution in [0.25, 0.3) is 10.9 Å². The highest BCUT2D eigenvalue weighted by molar-refractivity contribution is 14.0. The number of rotatable bonds is 4. The lowest BCUT2D eigenvalue weighted by Gasteiger charge is -2.37. The number of halogens is 1. The van der Waals surface area contributed by atoms with Gasteiger partial charge in [0.25, 0.3) is 5.91 Å². The number of guanidine groups is 1. The summed E-state index contributed by atoms with van der Waals surface area (Å²) >= 11 is 0. The number of carbonyl (C=O) groups excluding carboxylic acids is 1. The number of benzene rings is 1. The van der Waals surface area contributed by atoms with Gasteiger partial charge in [-0.05, 0) is 30.5 Å². The van der Waals surface area contributed by atoms with Crippen molar-refractivity contribution in [3.63, 3.8) is 0 Å². The quantitative estimate of drug-likeness (QED) is 0.357. The number of piperazine rings is 1. The highest BCUT2D eigenvalue weighted by atomic mass is 127. The van der Waals surface area contributed by atoms with Crippen molar-refractivity contribution >= 4 is 52.6 Å². The third-order valence-electron chi connectivity index (χ3n) is 5.99. The normalized spacial score (nSPS) is 19.1. The number of hydrogen-bond acceptors (Lipinski definition) is 5. The average Bonchev–Trinajstić information content (AvgIpc) is 3.34. The number of amides is 1. The van der Waals surface area contributed by atoms with E-state index >= 15 is 0 Å². The lowest BCUT2D eigenvalue weighted by molar-refractivity contribution is -0.142. The maximum atomic E-state index is 12.6. The molecule has 0 bridgehead atoms. The number of nitrogens with zero attached hydrogens (tertiary/aromatic N) is 5. The fraction of sp³-hybridized carbons (Fsp3) is 0.522. The van der Waals surface area contributed by atoms with E-state index in [0.29, 0.717) is 26.2 Å². The molecule has 2 saturated heterocycles. The Hall–Kier alpha value is -2.14. The summed E-state index contributed by atoms with van der Waals surface area (Å²) in [5, 5.41) is 4.66. The number of para-hydroxylation sites is 1. The molecule has 0 spiro atoms. The zero-order valence-electron chi connectivity index (χ0n) is 19.1. The fourth-order valence-electron chi connectivity index (χ4n) is 4.23. The monoisotopic (exact) mass is 552 g/mol. The van der Waals surface area contributed by atoms with Crippen LogP contribution in [0.3, 0.4) is 0 Å². The molecule has 9 heteroatoms. The maximum absolute atomic E-state index is 12.6. The first-order valence-electron chi connectivity index (χ1n) is 11.0. The lowest BCUT2D eigenvalue weighted by Crippen LogP contribution is -2.55. The van der Waals surface area contributed by atoms with Crippen LogP contribution in [0, 0.1) is 0 Å². The minimum absolute atomic E-state index is 0. The van der Waals surface area contributed by atoms with E-state index in [2.05, 4.69) is 27.3 Å². The van der Waals surface area contributed by atoms with Crippen LogP contribution >= 0.6 is 24.0 Å². The molecule has 2 aromatic rings. The minimum atomic E-state index is -0.241. The lowest BCUT2D eigenvalue weighted by atomic mass is 10.1. The van der Waals surface area contributed by atoms with Gasteiger partial charge >= 0.3 is 0 Å². The second kappa shape index (κ2) is 11.1. The molecule has 0 radical (unpaired) electrons. The Bertz CT molecular complexity index is 953. The smallest absolute Gasteiger partial charge is 0.251 e. The van der Waals surface area contributed by atoms with Crippen molar-refractivity contribution in [2.75, 3.05) is 58.8 Å². The number of nitrogens with one attached hydrogen (secondary N) is 1. The van der Waals surface area contributed by atoms with Crippen LogP contribution in [-0.4, -0.2) is 86.7 Å². The van der Waals surface area contributed by atoms with Crippen molar-refractivity contribution < 1.29 is 9.53 Å². The summed E-state index contributed by atoms with van der Waals surface area (Å²) in [6.45, 7) is 4.28. The largest absolute Gasteiger partial charge is 0.368 e. The van der Waals surface area contributed by atoms with Crippen LogP contribution < -0.4 is 10.2 Å². The van der Waals surface area contributed by atoms with E-state index in [4.69, 9.17) is 9.72 Å². The van der Waals surface area contributed by atoms with Gasteiger partial charge in [-0.1, -0.05) is 18.2 Å². The van der Waals surface area contributed by atoms with Gasteiger partial charge in [0.2, 0.25) is 0 Å². The Morgan fingerprint density at radius 3 is 2.59 bits per heavy atom. The standard InChI is InChI=1S/C23H32N6O2.HI/c1-24-23(29-12-10-28(11-13-29)22(30)20-9-6-14-31-20)25-16-17-15-21(27(2)3)26-19-8-5-4-7-18(17)19;/h4-5,7-8,15,20H,6,9-14,16H2,1-3H3,(H,24,25);1H.